The first-order valence-corrected chi connectivity index (χ1v) is 9.11. The molecule has 4 heteroatoms. The summed E-state index contributed by atoms with van der Waals surface area (Å²) in [5.74, 6) is 0.541. The highest BCUT2D eigenvalue weighted by Gasteiger charge is 2.25. The largest absolute Gasteiger partial charge is 0.371 e. The molecule has 0 saturated carbocycles. The van der Waals surface area contributed by atoms with Gasteiger partial charge in [0.25, 0.3) is 5.91 Å². The molecular formula is C22H23N3O. The van der Waals surface area contributed by atoms with Crippen molar-refractivity contribution in [1.29, 1.82) is 0 Å². The van der Waals surface area contributed by atoms with Crippen LogP contribution >= 0.6 is 0 Å². The summed E-state index contributed by atoms with van der Waals surface area (Å²) in [6, 6.07) is 20.3. The van der Waals surface area contributed by atoms with E-state index in [-0.39, 0.29) is 5.91 Å². The second kappa shape index (κ2) is 7.16. The lowest BCUT2D eigenvalue weighted by Gasteiger charge is -2.22. The van der Waals surface area contributed by atoms with Gasteiger partial charge in [0.2, 0.25) is 0 Å². The molecule has 0 spiro atoms. The molecule has 1 aliphatic rings. The van der Waals surface area contributed by atoms with Crippen molar-refractivity contribution in [3.8, 4) is 0 Å². The van der Waals surface area contributed by atoms with Crippen LogP contribution in [0.25, 0.3) is 10.9 Å². The van der Waals surface area contributed by atoms with E-state index in [4.69, 9.17) is 0 Å². The number of fused-ring (bicyclic) bond motifs is 1. The Bertz CT molecular complexity index is 909. The maximum absolute atomic E-state index is 12.8. The fraction of sp³-hybridized carbons (Fsp3) is 0.273. The first-order chi connectivity index (χ1) is 12.7. The van der Waals surface area contributed by atoms with Gasteiger partial charge in [0.05, 0.1) is 11.1 Å². The molecule has 1 aliphatic heterocycles. The molecule has 0 unspecified atom stereocenters. The van der Waals surface area contributed by atoms with Gasteiger partial charge in [-0.05, 0) is 36.6 Å². The molecule has 1 saturated heterocycles. The van der Waals surface area contributed by atoms with Crippen molar-refractivity contribution in [2.24, 2.45) is 5.92 Å². The first kappa shape index (κ1) is 16.6. The number of carbonyl (C=O) groups excluding carboxylic acids is 1. The Morgan fingerprint density at radius 2 is 1.92 bits per heavy atom. The van der Waals surface area contributed by atoms with E-state index in [1.54, 1.807) is 6.20 Å². The number of benzene rings is 2. The van der Waals surface area contributed by atoms with Gasteiger partial charge in [-0.1, -0.05) is 36.4 Å². The molecule has 0 radical (unpaired) electrons. The molecule has 2 heterocycles. The average Bonchev–Trinajstić information content (AvgIpc) is 3.16. The third-order valence-corrected chi connectivity index (χ3v) is 5.12. The number of carbonyl (C=O) groups is 1. The van der Waals surface area contributed by atoms with Crippen molar-refractivity contribution in [2.75, 3.05) is 31.6 Å². The van der Waals surface area contributed by atoms with Crippen LogP contribution in [0.15, 0.2) is 66.9 Å². The third-order valence-electron chi connectivity index (χ3n) is 5.12. The number of nitrogens with zero attached hydrogens (tertiary/aromatic N) is 3. The second-order valence-corrected chi connectivity index (χ2v) is 7.04. The summed E-state index contributed by atoms with van der Waals surface area (Å²) in [4.78, 5) is 21.5. The molecule has 2 aromatic carbocycles. The predicted octanol–water partition coefficient (Wildman–Crippen LogP) is 3.83. The molecule has 1 amide bonds. The monoisotopic (exact) mass is 345 g/mol. The molecule has 4 rings (SSSR count). The lowest BCUT2D eigenvalue weighted by atomic mass is 10.1. The van der Waals surface area contributed by atoms with Crippen molar-refractivity contribution in [3.05, 3.63) is 72.4 Å². The molecule has 3 aromatic rings. The summed E-state index contributed by atoms with van der Waals surface area (Å²) in [6.07, 6.45) is 2.80. The second-order valence-electron chi connectivity index (χ2n) is 7.04. The van der Waals surface area contributed by atoms with Gasteiger partial charge >= 0.3 is 0 Å². The van der Waals surface area contributed by atoms with Crippen molar-refractivity contribution < 1.29 is 4.79 Å². The van der Waals surface area contributed by atoms with Gasteiger partial charge in [-0.3, -0.25) is 9.78 Å². The number of para-hydroxylation sites is 2. The maximum Gasteiger partial charge on any atom is 0.255 e. The summed E-state index contributed by atoms with van der Waals surface area (Å²) >= 11 is 0. The summed E-state index contributed by atoms with van der Waals surface area (Å²) < 4.78 is 0. The minimum atomic E-state index is 0.0430. The summed E-state index contributed by atoms with van der Waals surface area (Å²) in [5.41, 5.74) is 2.84. The van der Waals surface area contributed by atoms with Gasteiger partial charge in [-0.15, -0.1) is 0 Å². The van der Waals surface area contributed by atoms with Crippen LogP contribution in [-0.2, 0) is 0 Å². The lowest BCUT2D eigenvalue weighted by molar-refractivity contribution is 0.0776. The van der Waals surface area contributed by atoms with Gasteiger partial charge in [0.15, 0.2) is 0 Å². The van der Waals surface area contributed by atoms with E-state index in [0.29, 0.717) is 11.5 Å². The predicted molar refractivity (Wildman–Crippen MR) is 105 cm³/mol. The Labute approximate surface area is 154 Å². The van der Waals surface area contributed by atoms with Crippen LogP contribution < -0.4 is 4.90 Å². The van der Waals surface area contributed by atoms with Crippen molar-refractivity contribution in [3.63, 3.8) is 0 Å². The molecule has 0 bridgehead atoms. The van der Waals surface area contributed by atoms with Crippen LogP contribution in [0, 0.1) is 5.92 Å². The smallest absolute Gasteiger partial charge is 0.255 e. The van der Waals surface area contributed by atoms with Crippen molar-refractivity contribution in [2.45, 2.75) is 6.42 Å². The summed E-state index contributed by atoms with van der Waals surface area (Å²) in [5, 5.41) is 1.00. The van der Waals surface area contributed by atoms with Crippen LogP contribution in [-0.4, -0.2) is 42.5 Å². The minimum absolute atomic E-state index is 0.0430. The van der Waals surface area contributed by atoms with E-state index in [2.05, 4.69) is 34.1 Å². The summed E-state index contributed by atoms with van der Waals surface area (Å²) in [6.45, 7) is 2.82. The number of aromatic nitrogens is 1. The Hall–Kier alpha value is -2.88. The standard InChI is InChI=1S/C22H23N3O/c1-24(15-17-11-12-25(16-17)20-8-3-2-4-9-20)22(26)19-13-18-7-5-6-10-21(18)23-14-19/h2-10,13-14,17H,11-12,15-16H2,1H3/t17-/m1/s1. The molecule has 26 heavy (non-hydrogen) atoms. The molecule has 1 atom stereocenters. The zero-order valence-electron chi connectivity index (χ0n) is 15.0. The number of hydrogen-bond acceptors (Lipinski definition) is 3. The van der Waals surface area contributed by atoms with E-state index in [9.17, 15) is 4.79 Å². The average molecular weight is 345 g/mol. The highest BCUT2D eigenvalue weighted by molar-refractivity contribution is 5.97. The minimum Gasteiger partial charge on any atom is -0.371 e. The van der Waals surface area contributed by atoms with Gasteiger partial charge in [0.1, 0.15) is 0 Å². The van der Waals surface area contributed by atoms with Gasteiger partial charge in [0, 0.05) is 44.0 Å². The molecule has 0 aliphatic carbocycles. The van der Waals surface area contributed by atoms with E-state index < -0.39 is 0 Å². The molecule has 132 valence electrons. The van der Waals surface area contributed by atoms with Crippen LogP contribution in [0.5, 0.6) is 0 Å². The Morgan fingerprint density at radius 3 is 2.77 bits per heavy atom. The number of hydrogen-bond donors (Lipinski definition) is 0. The van der Waals surface area contributed by atoms with Crippen LogP contribution in [0.3, 0.4) is 0 Å². The van der Waals surface area contributed by atoms with Crippen LogP contribution in [0.1, 0.15) is 16.8 Å². The number of anilines is 1. The zero-order chi connectivity index (χ0) is 17.9. The lowest BCUT2D eigenvalue weighted by Crippen LogP contribution is -2.33. The molecule has 1 fully saturated rings. The zero-order valence-corrected chi connectivity index (χ0v) is 15.0. The Kier molecular flexibility index (Phi) is 4.57. The third kappa shape index (κ3) is 3.40. The van der Waals surface area contributed by atoms with E-state index >= 15 is 0 Å². The molecule has 1 aromatic heterocycles. The van der Waals surface area contributed by atoms with Gasteiger partial charge < -0.3 is 9.80 Å². The van der Waals surface area contributed by atoms with Gasteiger partial charge in [-0.2, -0.15) is 0 Å². The number of amides is 1. The van der Waals surface area contributed by atoms with E-state index in [1.807, 2.05) is 48.3 Å². The SMILES string of the molecule is CN(C[C@H]1CCN(c2ccccc2)C1)C(=O)c1cnc2ccccc2c1. The maximum atomic E-state index is 12.8. The molecule has 0 N–H and O–H groups in total. The van der Waals surface area contributed by atoms with Crippen molar-refractivity contribution >= 4 is 22.5 Å². The topological polar surface area (TPSA) is 36.4 Å². The first-order valence-electron chi connectivity index (χ1n) is 9.11. The normalized spacial score (nSPS) is 16.8. The Morgan fingerprint density at radius 1 is 1.15 bits per heavy atom. The summed E-state index contributed by atoms with van der Waals surface area (Å²) in [7, 11) is 1.89. The molecule has 4 nitrogen and oxygen atoms in total. The van der Waals surface area contributed by atoms with E-state index in [0.717, 1.165) is 37.0 Å². The number of pyridine rings is 1. The Balaban J connectivity index is 1.41. The highest BCUT2D eigenvalue weighted by atomic mass is 16.2. The van der Waals surface area contributed by atoms with Gasteiger partial charge in [-0.25, -0.2) is 0 Å². The fourth-order valence-corrected chi connectivity index (χ4v) is 3.73. The van der Waals surface area contributed by atoms with Crippen LogP contribution in [0.4, 0.5) is 5.69 Å². The highest BCUT2D eigenvalue weighted by Crippen LogP contribution is 2.24. The van der Waals surface area contributed by atoms with Crippen LogP contribution in [0.2, 0.25) is 0 Å². The van der Waals surface area contributed by atoms with E-state index in [1.165, 1.54) is 5.69 Å². The fourth-order valence-electron chi connectivity index (χ4n) is 3.73. The molecular weight excluding hydrogens is 322 g/mol. The van der Waals surface area contributed by atoms with Crippen molar-refractivity contribution in [1.82, 2.24) is 9.88 Å². The number of rotatable bonds is 4. The quantitative estimate of drug-likeness (QED) is 0.721.